The Morgan fingerprint density at radius 2 is 1.67 bits per heavy atom. The van der Waals surface area contributed by atoms with Crippen molar-refractivity contribution in [1.82, 2.24) is 9.62 Å². The van der Waals surface area contributed by atoms with Crippen molar-refractivity contribution in [1.29, 1.82) is 0 Å². The minimum atomic E-state index is -3.97. The summed E-state index contributed by atoms with van der Waals surface area (Å²) < 4.78 is 28.0. The molecule has 0 fully saturated rings. The number of rotatable bonds is 7. The Labute approximate surface area is 204 Å². The van der Waals surface area contributed by atoms with Gasteiger partial charge >= 0.3 is 0 Å². The number of fused-ring (bicyclic) bond motifs is 1. The molecular formula is C25H24Cl2N2O3S. The van der Waals surface area contributed by atoms with Crippen LogP contribution in [0.3, 0.4) is 0 Å². The van der Waals surface area contributed by atoms with Crippen molar-refractivity contribution in [2.45, 2.75) is 36.7 Å². The molecule has 0 aromatic heterocycles. The summed E-state index contributed by atoms with van der Waals surface area (Å²) in [5.41, 5.74) is 2.93. The molecule has 5 nitrogen and oxygen atoms in total. The van der Waals surface area contributed by atoms with E-state index in [1.165, 1.54) is 29.8 Å². The lowest BCUT2D eigenvalue weighted by molar-refractivity contribution is -0.122. The monoisotopic (exact) mass is 502 g/mol. The fourth-order valence-electron chi connectivity index (χ4n) is 4.10. The van der Waals surface area contributed by atoms with Gasteiger partial charge in [-0.1, -0.05) is 65.7 Å². The third-order valence-electron chi connectivity index (χ3n) is 5.78. The van der Waals surface area contributed by atoms with E-state index in [1.54, 1.807) is 24.3 Å². The van der Waals surface area contributed by atoms with E-state index >= 15 is 0 Å². The molecule has 1 aliphatic rings. The number of amides is 1. The SMILES string of the molecule is O=C(CN(Cc1ccccc1Cl)S(=O)(=O)c1ccc(Cl)cc1)NC1CCCc2ccccc21. The second kappa shape index (κ2) is 10.3. The quantitative estimate of drug-likeness (QED) is 0.471. The van der Waals surface area contributed by atoms with Crippen molar-refractivity contribution < 1.29 is 13.2 Å². The summed E-state index contributed by atoms with van der Waals surface area (Å²) in [6.45, 7) is -0.353. The van der Waals surface area contributed by atoms with Crippen LogP contribution in [0.1, 0.15) is 35.6 Å². The maximum absolute atomic E-state index is 13.4. The van der Waals surface area contributed by atoms with Gasteiger partial charge in [-0.3, -0.25) is 4.79 Å². The average molecular weight is 503 g/mol. The highest BCUT2D eigenvalue weighted by molar-refractivity contribution is 7.89. The number of carbonyl (C=O) groups is 1. The van der Waals surface area contributed by atoms with Crippen molar-refractivity contribution in [3.8, 4) is 0 Å². The molecule has 3 aromatic rings. The summed E-state index contributed by atoms with van der Waals surface area (Å²) >= 11 is 12.2. The van der Waals surface area contributed by atoms with Crippen LogP contribution in [0.15, 0.2) is 77.7 Å². The lowest BCUT2D eigenvalue weighted by Crippen LogP contribution is -2.42. The molecule has 3 aromatic carbocycles. The van der Waals surface area contributed by atoms with Crippen LogP contribution < -0.4 is 5.32 Å². The molecule has 1 atom stereocenters. The molecule has 0 saturated carbocycles. The lowest BCUT2D eigenvalue weighted by atomic mass is 9.88. The van der Waals surface area contributed by atoms with Gasteiger partial charge in [-0.05, 0) is 66.3 Å². The standard InChI is InChI=1S/C25H24Cl2N2O3S/c26-20-12-14-21(15-13-20)33(31,32)29(16-19-7-2-4-10-23(19)27)17-25(30)28-24-11-5-8-18-6-1-3-9-22(18)24/h1-4,6-7,9-10,12-15,24H,5,8,11,16-17H2,(H,28,30). The van der Waals surface area contributed by atoms with Crippen molar-refractivity contribution in [2.75, 3.05) is 6.54 Å². The van der Waals surface area contributed by atoms with Gasteiger partial charge in [0.15, 0.2) is 0 Å². The van der Waals surface area contributed by atoms with E-state index in [1.807, 2.05) is 18.2 Å². The highest BCUT2D eigenvalue weighted by Gasteiger charge is 2.29. The molecule has 0 radical (unpaired) electrons. The Kier molecular flexibility index (Phi) is 7.39. The third-order valence-corrected chi connectivity index (χ3v) is 8.21. The molecule has 4 rings (SSSR count). The fourth-order valence-corrected chi connectivity index (χ4v) is 5.80. The fraction of sp³-hybridized carbons (Fsp3) is 0.240. The first-order valence-electron chi connectivity index (χ1n) is 10.7. The normalized spacial score (nSPS) is 15.8. The number of hydrogen-bond acceptors (Lipinski definition) is 3. The zero-order chi connectivity index (χ0) is 23.4. The van der Waals surface area contributed by atoms with E-state index in [9.17, 15) is 13.2 Å². The van der Waals surface area contributed by atoms with Crippen LogP contribution in [0.2, 0.25) is 10.0 Å². The van der Waals surface area contributed by atoms with Crippen LogP contribution >= 0.6 is 23.2 Å². The summed E-state index contributed by atoms with van der Waals surface area (Å²) in [5, 5.41) is 3.91. The summed E-state index contributed by atoms with van der Waals surface area (Å²) in [5.74, 6) is -0.360. The molecule has 1 amide bonds. The van der Waals surface area contributed by atoms with Gasteiger partial charge in [-0.25, -0.2) is 8.42 Å². The first-order valence-corrected chi connectivity index (χ1v) is 12.9. The zero-order valence-corrected chi connectivity index (χ0v) is 20.2. The maximum atomic E-state index is 13.4. The van der Waals surface area contributed by atoms with Crippen molar-refractivity contribution in [3.63, 3.8) is 0 Å². The molecule has 0 saturated heterocycles. The highest BCUT2D eigenvalue weighted by Crippen LogP contribution is 2.30. The number of halogens is 2. The van der Waals surface area contributed by atoms with E-state index in [0.29, 0.717) is 15.6 Å². The van der Waals surface area contributed by atoms with E-state index in [2.05, 4.69) is 11.4 Å². The predicted molar refractivity (Wildman–Crippen MR) is 131 cm³/mol. The van der Waals surface area contributed by atoms with E-state index < -0.39 is 10.0 Å². The number of benzene rings is 3. The zero-order valence-electron chi connectivity index (χ0n) is 17.9. The van der Waals surface area contributed by atoms with Crippen LogP contribution in [-0.2, 0) is 27.8 Å². The highest BCUT2D eigenvalue weighted by atomic mass is 35.5. The molecule has 0 bridgehead atoms. The number of aryl methyl sites for hydroxylation is 1. The summed E-state index contributed by atoms with van der Waals surface area (Å²) in [6, 6.07) is 20.8. The molecule has 1 N–H and O–H groups in total. The van der Waals surface area contributed by atoms with Crippen molar-refractivity contribution in [2.24, 2.45) is 0 Å². The van der Waals surface area contributed by atoms with Gasteiger partial charge in [-0.2, -0.15) is 4.31 Å². The lowest BCUT2D eigenvalue weighted by Gasteiger charge is -2.28. The summed E-state index contributed by atoms with van der Waals surface area (Å²) in [4.78, 5) is 13.1. The van der Waals surface area contributed by atoms with Crippen LogP contribution in [0.5, 0.6) is 0 Å². The molecule has 0 heterocycles. The summed E-state index contributed by atoms with van der Waals surface area (Å²) in [7, 11) is -3.97. The van der Waals surface area contributed by atoms with Crippen LogP contribution in [0.4, 0.5) is 0 Å². The minimum absolute atomic E-state index is 0.0285. The summed E-state index contributed by atoms with van der Waals surface area (Å²) in [6.07, 6.45) is 2.76. The Hall–Kier alpha value is -2.38. The Balaban J connectivity index is 1.59. The largest absolute Gasteiger partial charge is 0.348 e. The average Bonchev–Trinajstić information content (AvgIpc) is 2.80. The number of nitrogens with one attached hydrogen (secondary N) is 1. The number of nitrogens with zero attached hydrogens (tertiary/aromatic N) is 1. The van der Waals surface area contributed by atoms with Gasteiger partial charge in [0.2, 0.25) is 15.9 Å². The number of carbonyl (C=O) groups excluding carboxylic acids is 1. The Bertz CT molecular complexity index is 1250. The molecule has 0 aliphatic heterocycles. The molecule has 172 valence electrons. The molecule has 1 unspecified atom stereocenters. The predicted octanol–water partition coefficient (Wildman–Crippen LogP) is 5.38. The van der Waals surface area contributed by atoms with Gasteiger partial charge in [0.05, 0.1) is 17.5 Å². The van der Waals surface area contributed by atoms with Gasteiger partial charge in [0.25, 0.3) is 0 Å². The van der Waals surface area contributed by atoms with E-state index in [4.69, 9.17) is 23.2 Å². The first-order chi connectivity index (χ1) is 15.8. The van der Waals surface area contributed by atoms with Crippen LogP contribution in [0.25, 0.3) is 0 Å². The molecular weight excluding hydrogens is 479 g/mol. The molecule has 1 aliphatic carbocycles. The first kappa shape index (κ1) is 23.8. The second-order valence-corrected chi connectivity index (χ2v) is 10.8. The van der Waals surface area contributed by atoms with Crippen LogP contribution in [0, 0.1) is 0 Å². The van der Waals surface area contributed by atoms with Gasteiger partial charge in [0, 0.05) is 16.6 Å². The molecule has 33 heavy (non-hydrogen) atoms. The van der Waals surface area contributed by atoms with Crippen molar-refractivity contribution >= 4 is 39.1 Å². The third kappa shape index (κ3) is 5.58. The van der Waals surface area contributed by atoms with Crippen molar-refractivity contribution in [3.05, 3.63) is 99.5 Å². The second-order valence-electron chi connectivity index (χ2n) is 8.03. The van der Waals surface area contributed by atoms with Crippen LogP contribution in [-0.4, -0.2) is 25.2 Å². The number of hydrogen-bond donors (Lipinski definition) is 1. The van der Waals surface area contributed by atoms with Gasteiger partial charge in [0.1, 0.15) is 0 Å². The van der Waals surface area contributed by atoms with Gasteiger partial charge in [-0.15, -0.1) is 0 Å². The van der Waals surface area contributed by atoms with E-state index in [-0.39, 0.29) is 29.9 Å². The topological polar surface area (TPSA) is 66.5 Å². The molecule has 8 heteroatoms. The number of sulfonamides is 1. The molecule has 0 spiro atoms. The van der Waals surface area contributed by atoms with E-state index in [0.717, 1.165) is 29.1 Å². The Morgan fingerprint density at radius 3 is 2.42 bits per heavy atom. The maximum Gasteiger partial charge on any atom is 0.243 e. The minimum Gasteiger partial charge on any atom is -0.348 e. The van der Waals surface area contributed by atoms with Gasteiger partial charge < -0.3 is 5.32 Å². The Morgan fingerprint density at radius 1 is 0.970 bits per heavy atom. The smallest absolute Gasteiger partial charge is 0.243 e.